The Bertz CT molecular complexity index is 704. The first-order chi connectivity index (χ1) is 9.88. The van der Waals surface area contributed by atoms with Gasteiger partial charge in [0.05, 0.1) is 5.56 Å². The van der Waals surface area contributed by atoms with E-state index in [1.807, 2.05) is 0 Å². The summed E-state index contributed by atoms with van der Waals surface area (Å²) in [6.07, 6.45) is 0. The number of carbonyl (C=O) groups excluding carboxylic acids is 1. The Balaban J connectivity index is 2.15. The van der Waals surface area contributed by atoms with Crippen molar-refractivity contribution in [2.75, 3.05) is 5.73 Å². The largest absolute Gasteiger partial charge is 0.457 e. The summed E-state index contributed by atoms with van der Waals surface area (Å²) < 4.78 is 32.3. The van der Waals surface area contributed by atoms with Crippen molar-refractivity contribution in [3.05, 3.63) is 63.1 Å². The summed E-state index contributed by atoms with van der Waals surface area (Å²) in [5.41, 5.74) is 6.50. The standard InChI is InChI=1S/C15H12BrF2NO2/c1-8-4-11(19)6-12(14(8)18)15(20)21-7-9-2-3-10(17)5-13(9)16/h2-6H,7,19H2,1H3. The van der Waals surface area contributed by atoms with Gasteiger partial charge in [0.1, 0.15) is 18.2 Å². The van der Waals surface area contributed by atoms with Crippen molar-refractivity contribution in [1.82, 2.24) is 0 Å². The molecule has 2 aromatic carbocycles. The number of halogens is 3. The molecule has 0 spiro atoms. The predicted octanol–water partition coefficient (Wildman–Crippen LogP) is 3.97. The topological polar surface area (TPSA) is 52.3 Å². The van der Waals surface area contributed by atoms with Crippen molar-refractivity contribution >= 4 is 27.6 Å². The van der Waals surface area contributed by atoms with Crippen LogP contribution in [0.4, 0.5) is 14.5 Å². The maximum Gasteiger partial charge on any atom is 0.341 e. The lowest BCUT2D eigenvalue weighted by Crippen LogP contribution is -2.10. The Hall–Kier alpha value is -1.95. The van der Waals surface area contributed by atoms with Gasteiger partial charge in [0.2, 0.25) is 0 Å². The molecule has 0 amide bonds. The van der Waals surface area contributed by atoms with Gasteiger partial charge in [-0.2, -0.15) is 0 Å². The molecule has 0 radical (unpaired) electrons. The number of rotatable bonds is 3. The quantitative estimate of drug-likeness (QED) is 0.669. The molecule has 0 aliphatic heterocycles. The molecule has 0 bridgehead atoms. The van der Waals surface area contributed by atoms with Gasteiger partial charge < -0.3 is 10.5 Å². The summed E-state index contributed by atoms with van der Waals surface area (Å²) in [7, 11) is 0. The van der Waals surface area contributed by atoms with Gasteiger partial charge in [-0.3, -0.25) is 0 Å². The second kappa shape index (κ2) is 6.22. The van der Waals surface area contributed by atoms with Crippen LogP contribution in [0.1, 0.15) is 21.5 Å². The minimum Gasteiger partial charge on any atom is -0.457 e. The molecule has 3 nitrogen and oxygen atoms in total. The second-order valence-electron chi connectivity index (χ2n) is 4.51. The van der Waals surface area contributed by atoms with Gasteiger partial charge in [-0.25, -0.2) is 13.6 Å². The molecule has 0 aliphatic rings. The van der Waals surface area contributed by atoms with Crippen LogP contribution in [0.2, 0.25) is 0 Å². The third-order valence-corrected chi connectivity index (χ3v) is 3.61. The molecule has 0 saturated carbocycles. The molecule has 0 unspecified atom stereocenters. The van der Waals surface area contributed by atoms with E-state index in [9.17, 15) is 13.6 Å². The maximum atomic E-state index is 13.9. The van der Waals surface area contributed by atoms with Gasteiger partial charge in [0, 0.05) is 15.7 Å². The zero-order valence-electron chi connectivity index (χ0n) is 11.1. The molecule has 6 heteroatoms. The van der Waals surface area contributed by atoms with E-state index in [2.05, 4.69) is 15.9 Å². The fourth-order valence-electron chi connectivity index (χ4n) is 1.81. The van der Waals surface area contributed by atoms with Crippen molar-refractivity contribution in [3.8, 4) is 0 Å². The molecule has 21 heavy (non-hydrogen) atoms. The predicted molar refractivity (Wildman–Crippen MR) is 78.8 cm³/mol. The Morgan fingerprint density at radius 3 is 2.67 bits per heavy atom. The number of hydrogen-bond donors (Lipinski definition) is 1. The lowest BCUT2D eigenvalue weighted by Gasteiger charge is -2.09. The van der Waals surface area contributed by atoms with Crippen molar-refractivity contribution in [3.63, 3.8) is 0 Å². The molecule has 0 atom stereocenters. The summed E-state index contributed by atoms with van der Waals surface area (Å²) in [6.45, 7) is 1.41. The first-order valence-electron chi connectivity index (χ1n) is 6.05. The lowest BCUT2D eigenvalue weighted by atomic mass is 10.1. The molecule has 0 aromatic heterocycles. The number of nitrogens with two attached hydrogens (primary N) is 1. The Labute approximate surface area is 128 Å². The third kappa shape index (κ3) is 3.58. The summed E-state index contributed by atoms with van der Waals surface area (Å²) in [4.78, 5) is 11.9. The van der Waals surface area contributed by atoms with Crippen LogP contribution >= 0.6 is 15.9 Å². The van der Waals surface area contributed by atoms with Gasteiger partial charge in [-0.05, 0) is 36.8 Å². The molecule has 0 fully saturated rings. The molecule has 110 valence electrons. The average molecular weight is 356 g/mol. The Kier molecular flexibility index (Phi) is 4.57. The van der Waals surface area contributed by atoms with E-state index in [1.165, 1.54) is 37.3 Å². The van der Waals surface area contributed by atoms with Crippen molar-refractivity contribution in [2.24, 2.45) is 0 Å². The zero-order valence-corrected chi connectivity index (χ0v) is 12.7. The van der Waals surface area contributed by atoms with E-state index in [0.29, 0.717) is 10.0 Å². The van der Waals surface area contributed by atoms with Crippen LogP contribution in [0.3, 0.4) is 0 Å². The molecule has 0 aliphatic carbocycles. The molecular formula is C15H12BrF2NO2. The van der Waals surface area contributed by atoms with Crippen molar-refractivity contribution < 1.29 is 18.3 Å². The van der Waals surface area contributed by atoms with Crippen molar-refractivity contribution in [2.45, 2.75) is 13.5 Å². The monoisotopic (exact) mass is 355 g/mol. The smallest absolute Gasteiger partial charge is 0.341 e. The van der Waals surface area contributed by atoms with Crippen LogP contribution < -0.4 is 5.73 Å². The van der Waals surface area contributed by atoms with Gasteiger partial charge in [-0.1, -0.05) is 22.0 Å². The third-order valence-electron chi connectivity index (χ3n) is 2.87. The van der Waals surface area contributed by atoms with Gasteiger partial charge in [-0.15, -0.1) is 0 Å². The molecule has 2 rings (SSSR count). The number of carbonyl (C=O) groups is 1. The molecule has 2 N–H and O–H groups in total. The van der Waals surface area contributed by atoms with Crippen LogP contribution in [-0.4, -0.2) is 5.97 Å². The summed E-state index contributed by atoms with van der Waals surface area (Å²) in [6, 6.07) is 6.65. The number of nitrogen functional groups attached to an aromatic ring is 1. The normalized spacial score (nSPS) is 10.5. The van der Waals surface area contributed by atoms with E-state index in [1.54, 1.807) is 0 Å². The number of esters is 1. The maximum absolute atomic E-state index is 13.9. The number of benzene rings is 2. The van der Waals surface area contributed by atoms with E-state index in [0.717, 1.165) is 0 Å². The molecular weight excluding hydrogens is 344 g/mol. The van der Waals surface area contributed by atoms with Crippen LogP contribution in [0, 0.1) is 18.6 Å². The number of aryl methyl sites for hydroxylation is 1. The van der Waals surface area contributed by atoms with E-state index < -0.39 is 17.6 Å². The summed E-state index contributed by atoms with van der Waals surface area (Å²) in [5, 5.41) is 0. The highest BCUT2D eigenvalue weighted by atomic mass is 79.9. The van der Waals surface area contributed by atoms with E-state index in [4.69, 9.17) is 10.5 Å². The summed E-state index contributed by atoms with van der Waals surface area (Å²) in [5.74, 6) is -1.89. The van der Waals surface area contributed by atoms with Crippen LogP contribution in [-0.2, 0) is 11.3 Å². The minimum atomic E-state index is -0.820. The highest BCUT2D eigenvalue weighted by Gasteiger charge is 2.16. The molecule has 0 saturated heterocycles. The summed E-state index contributed by atoms with van der Waals surface area (Å²) >= 11 is 3.17. The van der Waals surface area contributed by atoms with E-state index in [-0.39, 0.29) is 23.4 Å². The van der Waals surface area contributed by atoms with Crippen molar-refractivity contribution in [1.29, 1.82) is 0 Å². The van der Waals surface area contributed by atoms with Gasteiger partial charge >= 0.3 is 5.97 Å². The fraction of sp³-hybridized carbons (Fsp3) is 0.133. The van der Waals surface area contributed by atoms with E-state index >= 15 is 0 Å². The number of ether oxygens (including phenoxy) is 1. The SMILES string of the molecule is Cc1cc(N)cc(C(=O)OCc2ccc(F)cc2Br)c1F. The minimum absolute atomic E-state index is 0.104. The Morgan fingerprint density at radius 2 is 2.00 bits per heavy atom. The second-order valence-corrected chi connectivity index (χ2v) is 5.37. The molecule has 2 aromatic rings. The fourth-order valence-corrected chi connectivity index (χ4v) is 2.27. The zero-order chi connectivity index (χ0) is 15.6. The van der Waals surface area contributed by atoms with Crippen LogP contribution in [0.15, 0.2) is 34.8 Å². The number of anilines is 1. The first-order valence-corrected chi connectivity index (χ1v) is 6.84. The molecule has 0 heterocycles. The van der Waals surface area contributed by atoms with Gasteiger partial charge in [0.25, 0.3) is 0 Å². The lowest BCUT2D eigenvalue weighted by molar-refractivity contribution is 0.0466. The van der Waals surface area contributed by atoms with Crippen LogP contribution in [0.25, 0.3) is 0 Å². The Morgan fingerprint density at radius 1 is 1.29 bits per heavy atom. The van der Waals surface area contributed by atoms with Crippen LogP contribution in [0.5, 0.6) is 0 Å². The van der Waals surface area contributed by atoms with Gasteiger partial charge in [0.15, 0.2) is 0 Å². The first kappa shape index (κ1) is 15.4. The number of hydrogen-bond acceptors (Lipinski definition) is 3. The highest BCUT2D eigenvalue weighted by molar-refractivity contribution is 9.10. The average Bonchev–Trinajstić information content (AvgIpc) is 2.41. The highest BCUT2D eigenvalue weighted by Crippen LogP contribution is 2.21.